The average Bonchev–Trinajstić information content (AvgIpc) is 2.31. The zero-order valence-corrected chi connectivity index (χ0v) is 11.0. The summed E-state index contributed by atoms with van der Waals surface area (Å²) in [6, 6.07) is 5.05. The van der Waals surface area contributed by atoms with Crippen molar-refractivity contribution in [3.8, 4) is 0 Å². The molecule has 0 saturated carbocycles. The topological polar surface area (TPSA) is 84.2 Å². The highest BCUT2D eigenvalue weighted by Crippen LogP contribution is 2.18. The van der Waals surface area contributed by atoms with E-state index in [2.05, 4.69) is 26.6 Å². The number of rotatable bonds is 4. The maximum atomic E-state index is 11.7. The van der Waals surface area contributed by atoms with Crippen molar-refractivity contribution in [3.05, 3.63) is 28.2 Å². The van der Waals surface area contributed by atoms with Crippen molar-refractivity contribution in [1.29, 1.82) is 0 Å². The van der Waals surface area contributed by atoms with Gasteiger partial charge in [0.2, 0.25) is 5.91 Å². The fraction of sp³-hybridized carbons (Fsp3) is 0.273. The van der Waals surface area contributed by atoms with E-state index in [0.717, 1.165) is 4.47 Å². The Morgan fingerprint density at radius 3 is 2.76 bits per heavy atom. The standard InChI is InChI=1S/C11H14BrN3O2/c1-14-10(16)4-5-15-11(17)8-6-7(12)2-3-9(8)13/h2-3,6H,4-5,13H2,1H3,(H,14,16)(H,15,17). The molecule has 1 aromatic carbocycles. The van der Waals surface area contributed by atoms with Gasteiger partial charge in [0.15, 0.2) is 0 Å². The van der Waals surface area contributed by atoms with E-state index in [0.29, 0.717) is 11.3 Å². The molecule has 6 heteroatoms. The second kappa shape index (κ2) is 6.24. The third-order valence-electron chi connectivity index (χ3n) is 2.18. The molecular weight excluding hydrogens is 286 g/mol. The van der Waals surface area contributed by atoms with Gasteiger partial charge in [-0.3, -0.25) is 9.59 Å². The Labute approximate surface area is 108 Å². The van der Waals surface area contributed by atoms with E-state index in [1.165, 1.54) is 0 Å². The summed E-state index contributed by atoms with van der Waals surface area (Å²) in [6.45, 7) is 0.282. The highest BCUT2D eigenvalue weighted by atomic mass is 79.9. The van der Waals surface area contributed by atoms with Crippen LogP contribution >= 0.6 is 15.9 Å². The largest absolute Gasteiger partial charge is 0.398 e. The summed E-state index contributed by atoms with van der Waals surface area (Å²) < 4.78 is 0.781. The van der Waals surface area contributed by atoms with Crippen LogP contribution in [0, 0.1) is 0 Å². The van der Waals surface area contributed by atoms with E-state index in [9.17, 15) is 9.59 Å². The van der Waals surface area contributed by atoms with E-state index < -0.39 is 0 Å². The first kappa shape index (κ1) is 13.5. The molecular formula is C11H14BrN3O2. The van der Waals surface area contributed by atoms with Gasteiger partial charge in [0.1, 0.15) is 0 Å². The SMILES string of the molecule is CNC(=O)CCNC(=O)c1cc(Br)ccc1N. The van der Waals surface area contributed by atoms with Crippen molar-refractivity contribution < 1.29 is 9.59 Å². The Balaban J connectivity index is 2.58. The highest BCUT2D eigenvalue weighted by Gasteiger charge is 2.10. The molecule has 5 nitrogen and oxygen atoms in total. The van der Waals surface area contributed by atoms with Gasteiger partial charge in [0, 0.05) is 30.2 Å². The Kier molecular flexibility index (Phi) is 4.96. The summed E-state index contributed by atoms with van der Waals surface area (Å²) in [6.07, 6.45) is 0.246. The molecule has 0 bridgehead atoms. The minimum atomic E-state index is -0.285. The van der Waals surface area contributed by atoms with Gasteiger partial charge in [-0.05, 0) is 18.2 Å². The van der Waals surface area contributed by atoms with Crippen LogP contribution in [-0.2, 0) is 4.79 Å². The maximum Gasteiger partial charge on any atom is 0.253 e. The van der Waals surface area contributed by atoms with Crippen LogP contribution in [0.2, 0.25) is 0 Å². The molecule has 0 radical (unpaired) electrons. The predicted molar refractivity (Wildman–Crippen MR) is 69.6 cm³/mol. The average molecular weight is 300 g/mol. The lowest BCUT2D eigenvalue weighted by molar-refractivity contribution is -0.120. The van der Waals surface area contributed by atoms with Gasteiger partial charge < -0.3 is 16.4 Å². The number of amides is 2. The molecule has 0 aromatic heterocycles. The lowest BCUT2D eigenvalue weighted by Crippen LogP contribution is -2.29. The molecule has 0 heterocycles. The van der Waals surface area contributed by atoms with Crippen molar-refractivity contribution in [2.75, 3.05) is 19.3 Å². The fourth-order valence-corrected chi connectivity index (χ4v) is 1.60. The van der Waals surface area contributed by atoms with Gasteiger partial charge in [-0.2, -0.15) is 0 Å². The molecule has 0 fully saturated rings. The zero-order valence-electron chi connectivity index (χ0n) is 9.42. The lowest BCUT2D eigenvalue weighted by atomic mass is 10.1. The van der Waals surface area contributed by atoms with Crippen molar-refractivity contribution in [3.63, 3.8) is 0 Å². The first-order chi connectivity index (χ1) is 8.04. The smallest absolute Gasteiger partial charge is 0.253 e. The number of halogens is 1. The van der Waals surface area contributed by atoms with Crippen LogP contribution in [0.4, 0.5) is 5.69 Å². The first-order valence-corrected chi connectivity index (χ1v) is 5.87. The number of hydrogen-bond acceptors (Lipinski definition) is 3. The van der Waals surface area contributed by atoms with Crippen LogP contribution in [0.15, 0.2) is 22.7 Å². The summed E-state index contributed by atoms with van der Waals surface area (Å²) in [7, 11) is 1.55. The lowest BCUT2D eigenvalue weighted by Gasteiger charge is -2.07. The summed E-state index contributed by atoms with van der Waals surface area (Å²) in [5, 5.41) is 5.11. The van der Waals surface area contributed by atoms with Crippen molar-refractivity contribution in [2.24, 2.45) is 0 Å². The molecule has 0 atom stereocenters. The summed E-state index contributed by atoms with van der Waals surface area (Å²) in [4.78, 5) is 22.7. The molecule has 0 spiro atoms. The monoisotopic (exact) mass is 299 g/mol. The minimum Gasteiger partial charge on any atom is -0.398 e. The summed E-state index contributed by atoms with van der Waals surface area (Å²) in [5.41, 5.74) is 6.49. The second-order valence-corrected chi connectivity index (χ2v) is 4.33. The maximum absolute atomic E-state index is 11.7. The molecule has 17 heavy (non-hydrogen) atoms. The minimum absolute atomic E-state index is 0.118. The normalized spacial score (nSPS) is 9.76. The molecule has 2 amide bonds. The number of anilines is 1. The Morgan fingerprint density at radius 2 is 2.12 bits per heavy atom. The number of nitrogen functional groups attached to an aromatic ring is 1. The van der Waals surface area contributed by atoms with Crippen LogP contribution in [0.25, 0.3) is 0 Å². The van der Waals surface area contributed by atoms with E-state index in [4.69, 9.17) is 5.73 Å². The first-order valence-electron chi connectivity index (χ1n) is 5.08. The molecule has 0 aliphatic heterocycles. The molecule has 1 aromatic rings. The molecule has 0 unspecified atom stereocenters. The van der Waals surface area contributed by atoms with Crippen LogP contribution < -0.4 is 16.4 Å². The highest BCUT2D eigenvalue weighted by molar-refractivity contribution is 9.10. The number of nitrogens with one attached hydrogen (secondary N) is 2. The van der Waals surface area contributed by atoms with Gasteiger partial charge >= 0.3 is 0 Å². The molecule has 0 aliphatic carbocycles. The Bertz CT molecular complexity index is 435. The van der Waals surface area contributed by atoms with Gasteiger partial charge in [-0.1, -0.05) is 15.9 Å². The number of nitrogens with two attached hydrogens (primary N) is 1. The number of hydrogen-bond donors (Lipinski definition) is 3. The third-order valence-corrected chi connectivity index (χ3v) is 2.67. The number of carbonyl (C=O) groups is 2. The molecule has 0 saturated heterocycles. The van der Waals surface area contributed by atoms with Gasteiger partial charge in [0.05, 0.1) is 5.56 Å². The number of carbonyl (C=O) groups excluding carboxylic acids is 2. The molecule has 92 valence electrons. The van der Waals surface area contributed by atoms with E-state index in [1.807, 2.05) is 0 Å². The fourth-order valence-electron chi connectivity index (χ4n) is 1.23. The molecule has 0 aliphatic rings. The van der Waals surface area contributed by atoms with Crippen LogP contribution in [0.1, 0.15) is 16.8 Å². The molecule has 4 N–H and O–H groups in total. The van der Waals surface area contributed by atoms with Crippen LogP contribution in [-0.4, -0.2) is 25.4 Å². The predicted octanol–water partition coefficient (Wildman–Crippen LogP) is 0.897. The van der Waals surface area contributed by atoms with E-state index >= 15 is 0 Å². The quantitative estimate of drug-likeness (QED) is 0.722. The van der Waals surface area contributed by atoms with Crippen molar-refractivity contribution >= 4 is 33.4 Å². The third kappa shape index (κ3) is 4.07. The van der Waals surface area contributed by atoms with Crippen molar-refractivity contribution in [1.82, 2.24) is 10.6 Å². The van der Waals surface area contributed by atoms with Gasteiger partial charge in [0.25, 0.3) is 5.91 Å². The van der Waals surface area contributed by atoms with Crippen molar-refractivity contribution in [2.45, 2.75) is 6.42 Å². The summed E-state index contributed by atoms with van der Waals surface area (Å²) >= 11 is 3.27. The summed E-state index contributed by atoms with van der Waals surface area (Å²) in [5.74, 6) is -0.403. The van der Waals surface area contributed by atoms with E-state index in [1.54, 1.807) is 25.2 Å². The van der Waals surface area contributed by atoms with E-state index in [-0.39, 0.29) is 24.8 Å². The zero-order chi connectivity index (χ0) is 12.8. The molecule has 1 rings (SSSR count). The Hall–Kier alpha value is -1.56. The Morgan fingerprint density at radius 1 is 1.41 bits per heavy atom. The van der Waals surface area contributed by atoms with Crippen LogP contribution in [0.5, 0.6) is 0 Å². The number of benzene rings is 1. The second-order valence-electron chi connectivity index (χ2n) is 3.41. The van der Waals surface area contributed by atoms with Gasteiger partial charge in [-0.25, -0.2) is 0 Å². The van der Waals surface area contributed by atoms with Gasteiger partial charge in [-0.15, -0.1) is 0 Å². The van der Waals surface area contributed by atoms with Crippen LogP contribution in [0.3, 0.4) is 0 Å².